The van der Waals surface area contributed by atoms with Gasteiger partial charge in [-0.15, -0.1) is 11.8 Å². The average Bonchev–Trinajstić information content (AvgIpc) is 2.80. The zero-order valence-electron chi connectivity index (χ0n) is 11.9. The van der Waals surface area contributed by atoms with Gasteiger partial charge in [-0.25, -0.2) is 14.3 Å². The molecule has 0 amide bonds. The van der Waals surface area contributed by atoms with Crippen LogP contribution in [0.1, 0.15) is 13.8 Å². The van der Waals surface area contributed by atoms with Crippen molar-refractivity contribution in [3.63, 3.8) is 0 Å². The minimum Gasteiger partial charge on any atom is -0.301 e. The highest BCUT2D eigenvalue weighted by Crippen LogP contribution is 2.15. The summed E-state index contributed by atoms with van der Waals surface area (Å²) >= 11 is 3.30. The van der Waals surface area contributed by atoms with Gasteiger partial charge in [0.2, 0.25) is 0 Å². The van der Waals surface area contributed by atoms with E-state index >= 15 is 0 Å². The molecule has 0 radical (unpaired) electrons. The number of aromatic nitrogens is 4. The molecule has 108 valence electrons. The zero-order chi connectivity index (χ0) is 15.6. The molecule has 6 nitrogen and oxygen atoms in total. The lowest BCUT2D eigenvalue weighted by Gasteiger charge is -2.06. The van der Waals surface area contributed by atoms with E-state index in [1.54, 1.807) is 25.5 Å². The van der Waals surface area contributed by atoms with Crippen molar-refractivity contribution in [2.75, 3.05) is 0 Å². The van der Waals surface area contributed by atoms with E-state index in [-0.39, 0.29) is 6.54 Å². The van der Waals surface area contributed by atoms with Crippen molar-refractivity contribution in [2.45, 2.75) is 26.9 Å². The van der Waals surface area contributed by atoms with Crippen molar-refractivity contribution in [3.8, 4) is 23.7 Å². The van der Waals surface area contributed by atoms with Crippen LogP contribution in [-0.2, 0) is 20.1 Å². The maximum atomic E-state index is 12.6. The molecule has 0 spiro atoms. The third-order valence-electron chi connectivity index (χ3n) is 3.01. The molecule has 2 heterocycles. The Morgan fingerprint density at radius 1 is 1.10 bits per heavy atom. The average molecular weight is 349 g/mol. The van der Waals surface area contributed by atoms with Crippen LogP contribution in [0.2, 0.25) is 0 Å². The second-order valence-electron chi connectivity index (χ2n) is 4.23. The second-order valence-corrected chi connectivity index (χ2v) is 4.93. The number of aryl methyl sites for hydroxylation is 1. The molecule has 7 heteroatoms. The van der Waals surface area contributed by atoms with Crippen molar-refractivity contribution in [3.05, 3.63) is 25.6 Å². The van der Waals surface area contributed by atoms with Crippen LogP contribution in [0.25, 0.3) is 11.2 Å². The molecule has 0 aliphatic rings. The highest BCUT2D eigenvalue weighted by atomic mass is 79.9. The molecule has 0 N–H and O–H groups in total. The minimum atomic E-state index is -0.436. The van der Waals surface area contributed by atoms with Crippen molar-refractivity contribution in [1.29, 1.82) is 0 Å². The molecule has 0 aliphatic carbocycles. The Morgan fingerprint density at radius 2 is 1.67 bits per heavy atom. The fourth-order valence-corrected chi connectivity index (χ4v) is 2.42. The number of hydrogen-bond donors (Lipinski definition) is 0. The van der Waals surface area contributed by atoms with Gasteiger partial charge >= 0.3 is 5.69 Å². The first-order valence-corrected chi connectivity index (χ1v) is 6.97. The lowest BCUT2D eigenvalue weighted by atomic mass is 10.4. The van der Waals surface area contributed by atoms with Crippen molar-refractivity contribution >= 4 is 27.1 Å². The molecule has 0 atom stereocenters. The van der Waals surface area contributed by atoms with Crippen LogP contribution in [0.4, 0.5) is 0 Å². The Kier molecular flexibility index (Phi) is 4.35. The minimum absolute atomic E-state index is 0.0558. The van der Waals surface area contributed by atoms with Crippen molar-refractivity contribution in [1.82, 2.24) is 18.7 Å². The molecule has 0 aliphatic heterocycles. The molecular weight excluding hydrogens is 336 g/mol. The van der Waals surface area contributed by atoms with Crippen LogP contribution < -0.4 is 11.2 Å². The molecule has 0 unspecified atom stereocenters. The Bertz CT molecular complexity index is 941. The van der Waals surface area contributed by atoms with Crippen LogP contribution in [-0.4, -0.2) is 18.7 Å². The van der Waals surface area contributed by atoms with E-state index in [4.69, 9.17) is 0 Å². The summed E-state index contributed by atoms with van der Waals surface area (Å²) in [6, 6.07) is 0. The standard InChI is InChI=1S/C14H13BrN4O2/c1-4-6-8-18-10-11(16-13(18)15)17(3)14(21)19(12(10)20)9-7-5-2/h8-9H2,1-3H3. The van der Waals surface area contributed by atoms with Gasteiger partial charge in [-0.1, -0.05) is 11.8 Å². The van der Waals surface area contributed by atoms with Crippen LogP contribution >= 0.6 is 15.9 Å². The van der Waals surface area contributed by atoms with E-state index < -0.39 is 11.2 Å². The summed E-state index contributed by atoms with van der Waals surface area (Å²) in [7, 11) is 1.58. The number of fused-ring (bicyclic) bond motifs is 1. The van der Waals surface area contributed by atoms with Gasteiger partial charge in [-0.2, -0.15) is 0 Å². The van der Waals surface area contributed by atoms with Gasteiger partial charge in [0.25, 0.3) is 5.56 Å². The number of imidazole rings is 1. The molecule has 0 bridgehead atoms. The number of nitrogens with zero attached hydrogens (tertiary/aromatic N) is 4. The van der Waals surface area contributed by atoms with Crippen LogP contribution in [0, 0.1) is 23.7 Å². The van der Waals surface area contributed by atoms with Crippen molar-refractivity contribution in [2.24, 2.45) is 7.05 Å². The summed E-state index contributed by atoms with van der Waals surface area (Å²) in [5, 5.41) is 0. The third kappa shape index (κ3) is 2.53. The monoisotopic (exact) mass is 348 g/mol. The van der Waals surface area contributed by atoms with Crippen molar-refractivity contribution < 1.29 is 0 Å². The van der Waals surface area contributed by atoms with E-state index in [2.05, 4.69) is 44.6 Å². The predicted octanol–water partition coefficient (Wildman–Crippen LogP) is 0.706. The first-order valence-electron chi connectivity index (χ1n) is 6.17. The Hall–Kier alpha value is -2.25. The summed E-state index contributed by atoms with van der Waals surface area (Å²) < 4.78 is 4.55. The zero-order valence-corrected chi connectivity index (χ0v) is 13.5. The highest BCUT2D eigenvalue weighted by Gasteiger charge is 2.18. The normalized spacial score (nSPS) is 9.90. The molecule has 0 aromatic carbocycles. The van der Waals surface area contributed by atoms with Gasteiger partial charge in [0.05, 0.1) is 13.1 Å². The van der Waals surface area contributed by atoms with E-state index in [0.717, 1.165) is 4.57 Å². The first-order chi connectivity index (χ1) is 10.0. The van der Waals surface area contributed by atoms with E-state index in [9.17, 15) is 9.59 Å². The number of rotatable bonds is 2. The Morgan fingerprint density at radius 3 is 2.24 bits per heavy atom. The topological polar surface area (TPSA) is 61.8 Å². The molecule has 2 aromatic heterocycles. The SMILES string of the molecule is CC#CCn1c(=O)c2c(nc(Br)n2CC#CC)n(C)c1=O. The molecule has 0 saturated carbocycles. The van der Waals surface area contributed by atoms with Gasteiger partial charge in [0.1, 0.15) is 0 Å². The van der Waals surface area contributed by atoms with Crippen LogP contribution in [0.3, 0.4) is 0 Å². The smallest absolute Gasteiger partial charge is 0.301 e. The summed E-state index contributed by atoms with van der Waals surface area (Å²) in [4.78, 5) is 29.0. The molecule has 0 saturated heterocycles. The van der Waals surface area contributed by atoms with Gasteiger partial charge in [0, 0.05) is 7.05 Å². The highest BCUT2D eigenvalue weighted by molar-refractivity contribution is 9.10. The van der Waals surface area contributed by atoms with Gasteiger partial charge in [-0.05, 0) is 29.8 Å². The van der Waals surface area contributed by atoms with E-state index in [1.165, 1.54) is 4.57 Å². The number of halogens is 1. The largest absolute Gasteiger partial charge is 0.333 e. The van der Waals surface area contributed by atoms with Gasteiger partial charge < -0.3 is 4.57 Å². The summed E-state index contributed by atoms with van der Waals surface area (Å²) in [6.45, 7) is 3.75. The Labute approximate surface area is 129 Å². The summed E-state index contributed by atoms with van der Waals surface area (Å²) in [6.07, 6.45) is 0. The first kappa shape index (κ1) is 15.1. The lowest BCUT2D eigenvalue weighted by molar-refractivity contribution is 0.672. The quantitative estimate of drug-likeness (QED) is 0.593. The van der Waals surface area contributed by atoms with Gasteiger partial charge in [-0.3, -0.25) is 9.36 Å². The van der Waals surface area contributed by atoms with E-state index in [1.807, 2.05) is 0 Å². The molecule has 2 aromatic rings. The molecular formula is C14H13BrN4O2. The second kappa shape index (κ2) is 6.02. The molecule has 0 fully saturated rings. The number of hydrogen-bond acceptors (Lipinski definition) is 3. The van der Waals surface area contributed by atoms with Crippen LogP contribution in [0.15, 0.2) is 14.3 Å². The lowest BCUT2D eigenvalue weighted by Crippen LogP contribution is -2.39. The Balaban J connectivity index is 2.89. The maximum Gasteiger partial charge on any atom is 0.333 e. The molecule has 2 rings (SSSR count). The maximum absolute atomic E-state index is 12.6. The molecule has 21 heavy (non-hydrogen) atoms. The third-order valence-corrected chi connectivity index (χ3v) is 3.62. The fraction of sp³-hybridized carbons (Fsp3) is 0.357. The fourth-order valence-electron chi connectivity index (χ4n) is 1.94. The predicted molar refractivity (Wildman–Crippen MR) is 83.8 cm³/mol. The van der Waals surface area contributed by atoms with Gasteiger partial charge in [0.15, 0.2) is 15.9 Å². The summed E-state index contributed by atoms with van der Waals surface area (Å²) in [5.74, 6) is 11.1. The van der Waals surface area contributed by atoms with E-state index in [0.29, 0.717) is 22.4 Å². The van der Waals surface area contributed by atoms with Crippen LogP contribution in [0.5, 0.6) is 0 Å². The summed E-state index contributed by atoms with van der Waals surface area (Å²) in [5.41, 5.74) is -0.180.